The summed E-state index contributed by atoms with van der Waals surface area (Å²) in [7, 11) is 0. The summed E-state index contributed by atoms with van der Waals surface area (Å²) in [4.78, 5) is 10.8. The van der Waals surface area contributed by atoms with Crippen LogP contribution >= 0.6 is 0 Å². The molecule has 19 heavy (non-hydrogen) atoms. The van der Waals surface area contributed by atoms with Gasteiger partial charge in [0.2, 0.25) is 0 Å². The number of rotatable bonds is 4. The van der Waals surface area contributed by atoms with Gasteiger partial charge in [0.25, 0.3) is 0 Å². The number of carboxylic acid groups (broad SMARTS) is 1. The largest absolute Gasteiger partial charge is 0.479 e. The number of carboxylic acids is 1. The Balaban J connectivity index is 1.96. The third kappa shape index (κ3) is 3.04. The Bertz CT molecular complexity index is 522. The van der Waals surface area contributed by atoms with Gasteiger partial charge in [-0.1, -0.05) is 12.1 Å². The first-order valence-electron chi connectivity index (χ1n) is 6.23. The highest BCUT2D eigenvalue weighted by Gasteiger charge is 2.30. The van der Waals surface area contributed by atoms with E-state index in [2.05, 4.69) is 11.4 Å². The van der Waals surface area contributed by atoms with Crippen molar-refractivity contribution in [3.05, 3.63) is 29.3 Å². The first-order chi connectivity index (χ1) is 9.11. The zero-order valence-electron chi connectivity index (χ0n) is 10.7. The average Bonchev–Trinajstić information content (AvgIpc) is 2.85. The lowest BCUT2D eigenvalue weighted by Gasteiger charge is -2.14. The molecule has 1 aromatic carbocycles. The molecule has 5 heteroatoms. The fraction of sp³-hybridized carbons (Fsp3) is 0.429. The molecule has 1 saturated heterocycles. The summed E-state index contributed by atoms with van der Waals surface area (Å²) in [5.41, 5.74) is 2.31. The number of carbonyl (C=O) groups is 1. The molecule has 0 aromatic heterocycles. The molecule has 1 heterocycles. The number of benzene rings is 1. The van der Waals surface area contributed by atoms with Crippen molar-refractivity contribution in [3.63, 3.8) is 0 Å². The molecule has 1 aliphatic rings. The molecule has 0 bridgehead atoms. The van der Waals surface area contributed by atoms with E-state index >= 15 is 0 Å². The highest BCUT2D eigenvalue weighted by molar-refractivity contribution is 5.72. The number of anilines is 1. The van der Waals surface area contributed by atoms with Crippen LogP contribution in [0, 0.1) is 18.3 Å². The monoisotopic (exact) mass is 260 g/mol. The normalized spacial score (nSPS) is 21.9. The van der Waals surface area contributed by atoms with Crippen LogP contribution in [0.2, 0.25) is 0 Å². The zero-order chi connectivity index (χ0) is 13.8. The molecule has 1 aromatic rings. The van der Waals surface area contributed by atoms with Gasteiger partial charge in [0.05, 0.1) is 17.4 Å². The van der Waals surface area contributed by atoms with Crippen LogP contribution < -0.4 is 5.32 Å². The van der Waals surface area contributed by atoms with Crippen molar-refractivity contribution < 1.29 is 14.6 Å². The van der Waals surface area contributed by atoms with Gasteiger partial charge in [0.1, 0.15) is 6.07 Å². The highest BCUT2D eigenvalue weighted by atomic mass is 16.5. The number of ether oxygens (including phenoxy) is 1. The molecule has 2 rings (SSSR count). The van der Waals surface area contributed by atoms with Crippen molar-refractivity contribution in [2.24, 2.45) is 0 Å². The lowest BCUT2D eigenvalue weighted by Crippen LogP contribution is -2.24. The summed E-state index contributed by atoms with van der Waals surface area (Å²) in [6.45, 7) is 2.40. The Morgan fingerprint density at radius 3 is 3.00 bits per heavy atom. The molecule has 5 nitrogen and oxygen atoms in total. The van der Waals surface area contributed by atoms with Crippen molar-refractivity contribution in [1.29, 1.82) is 5.26 Å². The van der Waals surface area contributed by atoms with Crippen LogP contribution in [0.3, 0.4) is 0 Å². The smallest absolute Gasteiger partial charge is 0.332 e. The Morgan fingerprint density at radius 1 is 1.58 bits per heavy atom. The van der Waals surface area contributed by atoms with Crippen LogP contribution in [0.4, 0.5) is 5.69 Å². The van der Waals surface area contributed by atoms with Gasteiger partial charge in [-0.05, 0) is 31.4 Å². The van der Waals surface area contributed by atoms with E-state index in [-0.39, 0.29) is 6.10 Å². The van der Waals surface area contributed by atoms with E-state index in [1.807, 2.05) is 25.1 Å². The molecule has 0 radical (unpaired) electrons. The van der Waals surface area contributed by atoms with Crippen molar-refractivity contribution in [1.82, 2.24) is 0 Å². The topological polar surface area (TPSA) is 82.3 Å². The molecule has 2 unspecified atom stereocenters. The number of aliphatic carboxylic acids is 1. The SMILES string of the molecule is Cc1cccc(NCC2CCC(C(=O)O)O2)c1C#N. The molecule has 0 spiro atoms. The summed E-state index contributed by atoms with van der Waals surface area (Å²) >= 11 is 0. The van der Waals surface area contributed by atoms with Gasteiger partial charge < -0.3 is 15.2 Å². The lowest BCUT2D eigenvalue weighted by molar-refractivity contribution is -0.149. The first-order valence-corrected chi connectivity index (χ1v) is 6.23. The Kier molecular flexibility index (Phi) is 4.03. The fourth-order valence-electron chi connectivity index (χ4n) is 2.22. The van der Waals surface area contributed by atoms with E-state index in [0.717, 1.165) is 17.7 Å². The molecule has 0 amide bonds. The maximum absolute atomic E-state index is 10.8. The molecule has 1 aliphatic heterocycles. The van der Waals surface area contributed by atoms with E-state index in [1.54, 1.807) is 0 Å². The van der Waals surface area contributed by atoms with Crippen LogP contribution in [0.25, 0.3) is 0 Å². The minimum Gasteiger partial charge on any atom is -0.479 e. The van der Waals surface area contributed by atoms with Crippen LogP contribution in [0.5, 0.6) is 0 Å². The summed E-state index contributed by atoms with van der Waals surface area (Å²) in [5.74, 6) is -0.907. The van der Waals surface area contributed by atoms with Gasteiger partial charge in [-0.2, -0.15) is 5.26 Å². The molecule has 1 fully saturated rings. The lowest BCUT2D eigenvalue weighted by atomic mass is 10.1. The van der Waals surface area contributed by atoms with Crippen LogP contribution in [-0.2, 0) is 9.53 Å². The van der Waals surface area contributed by atoms with Gasteiger partial charge in [0.15, 0.2) is 6.10 Å². The predicted octanol–water partition coefficient (Wildman–Crippen LogP) is 1.91. The average molecular weight is 260 g/mol. The van der Waals surface area contributed by atoms with E-state index in [4.69, 9.17) is 15.1 Å². The standard InChI is InChI=1S/C14H16N2O3/c1-9-3-2-4-12(11(9)7-15)16-8-10-5-6-13(19-10)14(17)18/h2-4,10,13,16H,5-6,8H2,1H3,(H,17,18). The minimum absolute atomic E-state index is 0.117. The minimum atomic E-state index is -0.907. The number of nitriles is 1. The predicted molar refractivity (Wildman–Crippen MR) is 69.9 cm³/mol. The van der Waals surface area contributed by atoms with Gasteiger partial charge in [-0.25, -0.2) is 4.79 Å². The molecule has 0 saturated carbocycles. The summed E-state index contributed by atoms with van der Waals surface area (Å²) in [6.07, 6.45) is 0.450. The Morgan fingerprint density at radius 2 is 2.37 bits per heavy atom. The van der Waals surface area contributed by atoms with Gasteiger partial charge in [-0.3, -0.25) is 0 Å². The van der Waals surface area contributed by atoms with Crippen molar-refractivity contribution >= 4 is 11.7 Å². The molecule has 2 atom stereocenters. The van der Waals surface area contributed by atoms with E-state index < -0.39 is 12.1 Å². The number of hydrogen-bond acceptors (Lipinski definition) is 4. The van der Waals surface area contributed by atoms with Gasteiger partial charge in [0, 0.05) is 6.54 Å². The van der Waals surface area contributed by atoms with Crippen molar-refractivity contribution in [2.45, 2.75) is 32.0 Å². The zero-order valence-corrected chi connectivity index (χ0v) is 10.7. The second-order valence-electron chi connectivity index (χ2n) is 4.65. The molecule has 0 aliphatic carbocycles. The number of nitrogens with one attached hydrogen (secondary N) is 1. The second-order valence-corrected chi connectivity index (χ2v) is 4.65. The maximum atomic E-state index is 10.8. The fourth-order valence-corrected chi connectivity index (χ4v) is 2.22. The number of hydrogen-bond donors (Lipinski definition) is 2. The van der Waals surface area contributed by atoms with Crippen LogP contribution in [0.15, 0.2) is 18.2 Å². The Labute approximate surface area is 111 Å². The summed E-state index contributed by atoms with van der Waals surface area (Å²) in [6, 6.07) is 7.78. The molecular formula is C14H16N2O3. The maximum Gasteiger partial charge on any atom is 0.332 e. The van der Waals surface area contributed by atoms with Crippen LogP contribution in [0.1, 0.15) is 24.0 Å². The molecular weight excluding hydrogens is 244 g/mol. The highest BCUT2D eigenvalue weighted by Crippen LogP contribution is 2.22. The third-order valence-electron chi connectivity index (χ3n) is 3.29. The van der Waals surface area contributed by atoms with Crippen molar-refractivity contribution in [3.8, 4) is 6.07 Å². The quantitative estimate of drug-likeness (QED) is 0.864. The molecule has 100 valence electrons. The van der Waals surface area contributed by atoms with Gasteiger partial charge >= 0.3 is 5.97 Å². The number of nitrogens with zero attached hydrogens (tertiary/aromatic N) is 1. The van der Waals surface area contributed by atoms with Gasteiger partial charge in [-0.15, -0.1) is 0 Å². The summed E-state index contributed by atoms with van der Waals surface area (Å²) in [5, 5.41) is 21.1. The van der Waals surface area contributed by atoms with E-state index in [1.165, 1.54) is 0 Å². The third-order valence-corrected chi connectivity index (χ3v) is 3.29. The Hall–Kier alpha value is -2.06. The van der Waals surface area contributed by atoms with E-state index in [0.29, 0.717) is 18.5 Å². The van der Waals surface area contributed by atoms with E-state index in [9.17, 15) is 4.79 Å². The first kappa shape index (κ1) is 13.4. The molecule has 2 N–H and O–H groups in total. The number of aryl methyl sites for hydroxylation is 1. The summed E-state index contributed by atoms with van der Waals surface area (Å²) < 4.78 is 5.40. The van der Waals surface area contributed by atoms with Crippen molar-refractivity contribution in [2.75, 3.05) is 11.9 Å². The second kappa shape index (κ2) is 5.72. The van der Waals surface area contributed by atoms with Crippen LogP contribution in [-0.4, -0.2) is 29.8 Å².